The molecule has 0 aliphatic heterocycles. The Balaban J connectivity index is 1.56. The number of nitrogens with one attached hydrogen (secondary N) is 1. The average Bonchev–Trinajstić information content (AvgIpc) is 3.16. The van der Waals surface area contributed by atoms with Gasteiger partial charge in [-0.05, 0) is 31.4 Å². The molecule has 1 aliphatic carbocycles. The number of nitrogens with zero attached hydrogens (tertiary/aromatic N) is 2. The second-order valence-electron chi connectivity index (χ2n) is 5.74. The highest BCUT2D eigenvalue weighted by atomic mass is 15.3. The van der Waals surface area contributed by atoms with Crippen molar-refractivity contribution in [2.45, 2.75) is 51.2 Å². The molecule has 1 atom stereocenters. The molecule has 3 rings (SSSR count). The van der Waals surface area contributed by atoms with Gasteiger partial charge in [0.15, 0.2) is 0 Å². The van der Waals surface area contributed by atoms with E-state index in [0.29, 0.717) is 12.1 Å². The summed E-state index contributed by atoms with van der Waals surface area (Å²) in [5, 5.41) is 8.26. The lowest BCUT2D eigenvalue weighted by Crippen LogP contribution is -2.18. The third-order valence-electron chi connectivity index (χ3n) is 4.25. The van der Waals surface area contributed by atoms with E-state index < -0.39 is 0 Å². The van der Waals surface area contributed by atoms with Crippen LogP contribution in [0.15, 0.2) is 42.6 Å². The smallest absolute Gasteiger partial charge is 0.0762 e. The summed E-state index contributed by atoms with van der Waals surface area (Å²) in [4.78, 5) is 0. The van der Waals surface area contributed by atoms with Crippen molar-refractivity contribution in [1.29, 1.82) is 0 Å². The van der Waals surface area contributed by atoms with Crippen LogP contribution in [-0.2, 0) is 6.54 Å². The third kappa shape index (κ3) is 3.10. The molecule has 0 amide bonds. The van der Waals surface area contributed by atoms with Crippen LogP contribution in [0.2, 0.25) is 0 Å². The van der Waals surface area contributed by atoms with Crippen molar-refractivity contribution < 1.29 is 0 Å². The van der Waals surface area contributed by atoms with Crippen LogP contribution in [0.4, 0.5) is 0 Å². The summed E-state index contributed by atoms with van der Waals surface area (Å²) in [6.07, 6.45) is 7.41. The lowest BCUT2D eigenvalue weighted by Gasteiger charge is -2.13. The highest BCUT2D eigenvalue weighted by Crippen LogP contribution is 2.28. The molecule has 1 heterocycles. The molecule has 1 fully saturated rings. The Hall–Kier alpha value is -1.61. The first-order valence-corrected chi connectivity index (χ1v) is 7.65. The summed E-state index contributed by atoms with van der Waals surface area (Å²) in [7, 11) is 0. The Morgan fingerprint density at radius 1 is 1.20 bits per heavy atom. The van der Waals surface area contributed by atoms with Gasteiger partial charge < -0.3 is 5.32 Å². The van der Waals surface area contributed by atoms with E-state index in [4.69, 9.17) is 5.10 Å². The number of hydrogen-bond acceptors (Lipinski definition) is 2. The summed E-state index contributed by atoms with van der Waals surface area (Å²) >= 11 is 0. The molecule has 1 saturated carbocycles. The quantitative estimate of drug-likeness (QED) is 0.893. The Morgan fingerprint density at radius 2 is 1.95 bits per heavy atom. The minimum atomic E-state index is 0.354. The Bertz CT molecular complexity index is 526. The van der Waals surface area contributed by atoms with Crippen LogP contribution in [0.1, 0.15) is 55.9 Å². The van der Waals surface area contributed by atoms with Gasteiger partial charge in [0.05, 0.1) is 11.7 Å². The van der Waals surface area contributed by atoms with E-state index in [9.17, 15) is 0 Å². The largest absolute Gasteiger partial charge is 0.304 e. The van der Waals surface area contributed by atoms with Crippen LogP contribution in [-0.4, -0.2) is 9.78 Å². The normalized spacial score (nSPS) is 17.4. The zero-order chi connectivity index (χ0) is 13.8. The van der Waals surface area contributed by atoms with Crippen molar-refractivity contribution >= 4 is 0 Å². The lowest BCUT2D eigenvalue weighted by atomic mass is 10.1. The van der Waals surface area contributed by atoms with Gasteiger partial charge in [0.2, 0.25) is 0 Å². The van der Waals surface area contributed by atoms with Gasteiger partial charge in [-0.3, -0.25) is 4.68 Å². The van der Waals surface area contributed by atoms with Crippen molar-refractivity contribution in [3.63, 3.8) is 0 Å². The van der Waals surface area contributed by atoms with Gasteiger partial charge in [-0.1, -0.05) is 43.2 Å². The van der Waals surface area contributed by atoms with Crippen molar-refractivity contribution in [3.05, 3.63) is 53.9 Å². The molecule has 2 aromatic rings. The first kappa shape index (κ1) is 13.4. The number of rotatable bonds is 5. The van der Waals surface area contributed by atoms with E-state index in [1.165, 1.54) is 31.2 Å². The molecule has 0 radical (unpaired) electrons. The molecule has 0 saturated heterocycles. The standard InChI is InChI=1S/C17H23N3/c1-14(15-7-3-2-4-8-15)18-13-16-11-12-20(19-16)17-9-5-6-10-17/h2-4,7-8,11-12,14,17-18H,5-6,9-10,13H2,1H3. The van der Waals surface area contributed by atoms with Crippen molar-refractivity contribution in [3.8, 4) is 0 Å². The Kier molecular flexibility index (Phi) is 4.16. The lowest BCUT2D eigenvalue weighted by molar-refractivity contribution is 0.458. The molecule has 3 nitrogen and oxygen atoms in total. The number of hydrogen-bond donors (Lipinski definition) is 1. The zero-order valence-corrected chi connectivity index (χ0v) is 12.1. The van der Waals surface area contributed by atoms with Gasteiger partial charge in [0.25, 0.3) is 0 Å². The summed E-state index contributed by atoms with van der Waals surface area (Å²) < 4.78 is 2.16. The van der Waals surface area contributed by atoms with E-state index in [2.05, 4.69) is 59.5 Å². The van der Waals surface area contributed by atoms with E-state index in [-0.39, 0.29) is 0 Å². The van der Waals surface area contributed by atoms with Crippen LogP contribution in [0, 0.1) is 0 Å². The van der Waals surface area contributed by atoms with Crippen molar-refractivity contribution in [2.24, 2.45) is 0 Å². The molecule has 20 heavy (non-hydrogen) atoms. The van der Waals surface area contributed by atoms with Crippen LogP contribution in [0.25, 0.3) is 0 Å². The van der Waals surface area contributed by atoms with Crippen LogP contribution >= 0.6 is 0 Å². The Morgan fingerprint density at radius 3 is 2.70 bits per heavy atom. The van der Waals surface area contributed by atoms with Gasteiger partial charge in [-0.2, -0.15) is 5.10 Å². The molecule has 1 aromatic heterocycles. The molecule has 3 heteroatoms. The fourth-order valence-corrected chi connectivity index (χ4v) is 2.96. The fraction of sp³-hybridized carbons (Fsp3) is 0.471. The predicted molar refractivity (Wildman–Crippen MR) is 81.4 cm³/mol. The molecule has 1 N–H and O–H groups in total. The highest BCUT2D eigenvalue weighted by molar-refractivity contribution is 5.18. The maximum atomic E-state index is 4.71. The van der Waals surface area contributed by atoms with Gasteiger partial charge >= 0.3 is 0 Å². The average molecular weight is 269 g/mol. The van der Waals surface area contributed by atoms with E-state index in [1.807, 2.05) is 0 Å². The minimum absolute atomic E-state index is 0.354. The number of benzene rings is 1. The van der Waals surface area contributed by atoms with Crippen LogP contribution in [0.5, 0.6) is 0 Å². The molecule has 1 unspecified atom stereocenters. The Labute approximate surface area is 121 Å². The van der Waals surface area contributed by atoms with Gasteiger partial charge in [-0.15, -0.1) is 0 Å². The van der Waals surface area contributed by atoms with Crippen molar-refractivity contribution in [1.82, 2.24) is 15.1 Å². The van der Waals surface area contributed by atoms with E-state index in [0.717, 1.165) is 12.2 Å². The monoisotopic (exact) mass is 269 g/mol. The van der Waals surface area contributed by atoms with Gasteiger partial charge in [0, 0.05) is 18.8 Å². The van der Waals surface area contributed by atoms with E-state index in [1.54, 1.807) is 0 Å². The summed E-state index contributed by atoms with van der Waals surface area (Å²) in [5.41, 5.74) is 2.46. The van der Waals surface area contributed by atoms with Crippen molar-refractivity contribution in [2.75, 3.05) is 0 Å². The molecule has 1 aromatic carbocycles. The highest BCUT2D eigenvalue weighted by Gasteiger charge is 2.17. The molecule has 106 valence electrons. The van der Waals surface area contributed by atoms with Crippen LogP contribution < -0.4 is 5.32 Å². The maximum absolute atomic E-state index is 4.71. The SMILES string of the molecule is CC(NCc1ccn(C2CCCC2)n1)c1ccccc1. The summed E-state index contributed by atoms with van der Waals surface area (Å²) in [6, 6.07) is 13.7. The summed E-state index contributed by atoms with van der Waals surface area (Å²) in [5.74, 6) is 0. The maximum Gasteiger partial charge on any atom is 0.0762 e. The van der Waals surface area contributed by atoms with Gasteiger partial charge in [0.1, 0.15) is 0 Å². The molecule has 0 bridgehead atoms. The molecular weight excluding hydrogens is 246 g/mol. The first-order chi connectivity index (χ1) is 9.83. The third-order valence-corrected chi connectivity index (χ3v) is 4.25. The molecular formula is C17H23N3. The minimum Gasteiger partial charge on any atom is -0.304 e. The summed E-state index contributed by atoms with van der Waals surface area (Å²) in [6.45, 7) is 3.03. The molecule has 0 spiro atoms. The van der Waals surface area contributed by atoms with Crippen LogP contribution in [0.3, 0.4) is 0 Å². The molecule has 1 aliphatic rings. The second-order valence-corrected chi connectivity index (χ2v) is 5.74. The predicted octanol–water partition coefficient (Wildman–Crippen LogP) is 3.85. The fourth-order valence-electron chi connectivity index (χ4n) is 2.96. The van der Waals surface area contributed by atoms with E-state index >= 15 is 0 Å². The zero-order valence-electron chi connectivity index (χ0n) is 12.1. The second kappa shape index (κ2) is 6.23. The topological polar surface area (TPSA) is 29.9 Å². The number of aromatic nitrogens is 2. The first-order valence-electron chi connectivity index (χ1n) is 7.65. The van der Waals surface area contributed by atoms with Gasteiger partial charge in [-0.25, -0.2) is 0 Å².